The molecule has 1 aliphatic carbocycles. The molecule has 0 bridgehead atoms. The van der Waals surface area contributed by atoms with Crippen molar-refractivity contribution in [3.63, 3.8) is 0 Å². The Morgan fingerprint density at radius 2 is 1.70 bits per heavy atom. The largest absolute Gasteiger partial charge is 0.464 e. The predicted molar refractivity (Wildman–Crippen MR) is 173 cm³/mol. The zero-order valence-electron chi connectivity index (χ0n) is 23.9. The van der Waals surface area contributed by atoms with Gasteiger partial charge in [-0.1, -0.05) is 110 Å². The summed E-state index contributed by atoms with van der Waals surface area (Å²) in [6, 6.07) is 28.1. The van der Waals surface area contributed by atoms with E-state index in [4.69, 9.17) is 26.4 Å². The van der Waals surface area contributed by atoms with E-state index in [0.717, 1.165) is 27.6 Å². The van der Waals surface area contributed by atoms with Gasteiger partial charge in [-0.15, -0.1) is 0 Å². The van der Waals surface area contributed by atoms with Crippen molar-refractivity contribution < 1.29 is 13.9 Å². The molecule has 5 aromatic rings. The molecule has 0 spiro atoms. The average Bonchev–Trinajstić information content (AvgIpc) is 3.69. The molecule has 0 saturated heterocycles. The summed E-state index contributed by atoms with van der Waals surface area (Å²) in [5, 5.41) is 8.56. The number of nitrogens with zero attached hydrogens (tertiary/aromatic N) is 1. The molecular formula is C35H32N4O3S. The molecule has 216 valence electrons. The zero-order valence-corrected chi connectivity index (χ0v) is 24.7. The zero-order chi connectivity index (χ0) is 29.8. The lowest BCUT2D eigenvalue weighted by molar-refractivity contribution is 0.0595. The van der Waals surface area contributed by atoms with Gasteiger partial charge in [0, 0.05) is 22.7 Å². The van der Waals surface area contributed by atoms with Crippen LogP contribution in [0.2, 0.25) is 0 Å². The number of methoxy groups -OCH3 is 1. The third-order valence-corrected chi connectivity index (χ3v) is 8.18. The van der Waals surface area contributed by atoms with E-state index in [1.54, 1.807) is 0 Å². The number of oxazole rings is 1. The number of carbonyl (C=O) groups excluding carboxylic acids is 1. The quantitative estimate of drug-likeness (QED) is 0.130. The number of nitrogens with one attached hydrogen (secondary N) is 3. The fraction of sp³-hybridized carbons (Fsp3) is 0.171. The predicted octanol–water partition coefficient (Wildman–Crippen LogP) is 7.22. The van der Waals surface area contributed by atoms with E-state index in [1.165, 1.54) is 7.11 Å². The highest BCUT2D eigenvalue weighted by atomic mass is 32.1. The number of aromatic nitrogens is 2. The number of para-hydroxylation sites is 1. The SMILES string of the molecule is CC[C@]1(NC(=S)NC(c2ccccc2)c2ccccc2)C=CC=CC1c1nc(C(=O)OC)c(-c2c[nH]c3ccccc23)o1. The third kappa shape index (κ3) is 5.49. The first-order chi connectivity index (χ1) is 21.0. The molecule has 3 aromatic carbocycles. The fourth-order valence-electron chi connectivity index (χ4n) is 5.70. The number of hydrogen-bond acceptors (Lipinski definition) is 5. The van der Waals surface area contributed by atoms with Crippen molar-refractivity contribution in [2.75, 3.05) is 7.11 Å². The van der Waals surface area contributed by atoms with E-state index in [1.807, 2.05) is 85.1 Å². The second-order valence-corrected chi connectivity index (χ2v) is 10.8. The summed E-state index contributed by atoms with van der Waals surface area (Å²) in [5.74, 6) is -0.176. The molecule has 0 amide bonds. The lowest BCUT2D eigenvalue weighted by Crippen LogP contribution is -2.54. The number of benzene rings is 3. The van der Waals surface area contributed by atoms with Crippen LogP contribution in [-0.4, -0.2) is 33.7 Å². The van der Waals surface area contributed by atoms with Crippen LogP contribution >= 0.6 is 12.2 Å². The number of esters is 1. The number of aromatic amines is 1. The average molecular weight is 589 g/mol. The van der Waals surface area contributed by atoms with Gasteiger partial charge in [-0.05, 0) is 35.8 Å². The van der Waals surface area contributed by atoms with Crippen molar-refractivity contribution in [3.8, 4) is 11.3 Å². The number of H-pyrrole nitrogens is 1. The Morgan fingerprint density at radius 3 is 2.37 bits per heavy atom. The van der Waals surface area contributed by atoms with E-state index in [0.29, 0.717) is 23.2 Å². The van der Waals surface area contributed by atoms with Crippen LogP contribution in [-0.2, 0) is 4.74 Å². The Kier molecular flexibility index (Phi) is 7.94. The van der Waals surface area contributed by atoms with Crippen LogP contribution in [0.1, 0.15) is 52.8 Å². The van der Waals surface area contributed by atoms with Crippen molar-refractivity contribution in [2.24, 2.45) is 0 Å². The summed E-state index contributed by atoms with van der Waals surface area (Å²) in [7, 11) is 1.34. The molecule has 0 radical (unpaired) electrons. The lowest BCUT2D eigenvalue weighted by atomic mass is 9.78. The summed E-state index contributed by atoms with van der Waals surface area (Å²) in [6.07, 6.45) is 10.6. The molecular weight excluding hydrogens is 556 g/mol. The molecule has 3 N–H and O–H groups in total. The van der Waals surface area contributed by atoms with E-state index < -0.39 is 11.5 Å². The van der Waals surface area contributed by atoms with Crippen molar-refractivity contribution in [1.82, 2.24) is 20.6 Å². The summed E-state index contributed by atoms with van der Waals surface area (Å²) >= 11 is 5.95. The first-order valence-corrected chi connectivity index (χ1v) is 14.6. The maximum Gasteiger partial charge on any atom is 0.360 e. The number of hydrogen-bond donors (Lipinski definition) is 3. The van der Waals surface area contributed by atoms with Crippen LogP contribution in [0.4, 0.5) is 0 Å². The summed E-state index contributed by atoms with van der Waals surface area (Å²) in [6.45, 7) is 2.09. The van der Waals surface area contributed by atoms with Gasteiger partial charge in [-0.3, -0.25) is 0 Å². The molecule has 0 fully saturated rings. The van der Waals surface area contributed by atoms with Crippen molar-refractivity contribution in [3.05, 3.63) is 138 Å². The van der Waals surface area contributed by atoms with Crippen LogP contribution in [0, 0.1) is 0 Å². The Hall–Kier alpha value is -4.95. The summed E-state index contributed by atoms with van der Waals surface area (Å²) < 4.78 is 11.6. The Labute approximate surface area is 255 Å². The van der Waals surface area contributed by atoms with E-state index >= 15 is 0 Å². The standard InChI is InChI=1S/C35H32N4O3S/c1-3-35(39-34(43)38-29(23-14-6-4-7-15-23)24-16-8-5-9-17-24)21-13-12-19-27(35)32-37-30(33(40)41-2)31(42-32)26-22-36-28-20-11-10-18-25(26)28/h4-22,27,29,36H,3H2,1-2H3,(H2,38,39,43)/t27?,35-/m0/s1. The van der Waals surface area contributed by atoms with Crippen molar-refractivity contribution in [1.29, 1.82) is 0 Å². The normalized spacial score (nSPS) is 17.7. The van der Waals surface area contributed by atoms with Gasteiger partial charge in [0.15, 0.2) is 16.6 Å². The van der Waals surface area contributed by atoms with Crippen LogP contribution in [0.25, 0.3) is 22.2 Å². The van der Waals surface area contributed by atoms with Gasteiger partial charge >= 0.3 is 5.97 Å². The van der Waals surface area contributed by atoms with E-state index in [-0.39, 0.29) is 17.7 Å². The minimum absolute atomic E-state index is 0.129. The van der Waals surface area contributed by atoms with Gasteiger partial charge in [0.05, 0.1) is 24.6 Å². The smallest absolute Gasteiger partial charge is 0.360 e. The molecule has 1 aliphatic rings. The third-order valence-electron chi connectivity index (χ3n) is 7.96. The first kappa shape index (κ1) is 28.2. The van der Waals surface area contributed by atoms with Crippen LogP contribution in [0.15, 0.2) is 120 Å². The van der Waals surface area contributed by atoms with Crippen LogP contribution in [0.3, 0.4) is 0 Å². The molecule has 43 heavy (non-hydrogen) atoms. The van der Waals surface area contributed by atoms with Gasteiger partial charge in [-0.25, -0.2) is 9.78 Å². The van der Waals surface area contributed by atoms with Gasteiger partial charge < -0.3 is 24.8 Å². The van der Waals surface area contributed by atoms with Crippen molar-refractivity contribution in [2.45, 2.75) is 30.8 Å². The maximum atomic E-state index is 12.9. The molecule has 2 heterocycles. The minimum Gasteiger partial charge on any atom is -0.464 e. The van der Waals surface area contributed by atoms with Gasteiger partial charge in [0.25, 0.3) is 0 Å². The maximum absolute atomic E-state index is 12.9. The first-order valence-electron chi connectivity index (χ1n) is 14.2. The highest BCUT2D eigenvalue weighted by Gasteiger charge is 2.41. The minimum atomic E-state index is -0.674. The molecule has 0 saturated carbocycles. The topological polar surface area (TPSA) is 92.2 Å². The van der Waals surface area contributed by atoms with Gasteiger partial charge in [0.1, 0.15) is 0 Å². The molecule has 2 aromatic heterocycles. The summed E-state index contributed by atoms with van der Waals surface area (Å²) in [4.78, 5) is 20.9. The molecule has 0 aliphatic heterocycles. The number of ether oxygens (including phenoxy) is 1. The highest BCUT2D eigenvalue weighted by Crippen LogP contribution is 2.40. The Morgan fingerprint density at radius 1 is 1.02 bits per heavy atom. The van der Waals surface area contributed by atoms with Gasteiger partial charge in [0.2, 0.25) is 5.89 Å². The second kappa shape index (κ2) is 12.1. The molecule has 1 unspecified atom stereocenters. The number of fused-ring (bicyclic) bond motifs is 1. The molecule has 2 atom stereocenters. The molecule has 8 heteroatoms. The van der Waals surface area contributed by atoms with Crippen LogP contribution in [0.5, 0.6) is 0 Å². The highest BCUT2D eigenvalue weighted by molar-refractivity contribution is 7.80. The van der Waals surface area contributed by atoms with Gasteiger partial charge in [-0.2, -0.15) is 0 Å². The number of rotatable bonds is 8. The summed E-state index contributed by atoms with van der Waals surface area (Å²) in [5.41, 5.74) is 3.32. The lowest BCUT2D eigenvalue weighted by Gasteiger charge is -2.38. The number of thiocarbonyl (C=S) groups is 1. The Bertz CT molecular complexity index is 1770. The number of allylic oxidation sites excluding steroid dienone is 2. The number of carbonyl (C=O) groups is 1. The van der Waals surface area contributed by atoms with Crippen molar-refractivity contribution >= 4 is 34.2 Å². The Balaban J connectivity index is 1.35. The molecule has 6 rings (SSSR count). The second-order valence-electron chi connectivity index (χ2n) is 10.4. The van der Waals surface area contributed by atoms with Crippen LogP contribution < -0.4 is 10.6 Å². The van der Waals surface area contributed by atoms with E-state index in [2.05, 4.69) is 52.9 Å². The molecule has 7 nitrogen and oxygen atoms in total. The van der Waals surface area contributed by atoms with E-state index in [9.17, 15) is 4.79 Å². The monoisotopic (exact) mass is 588 g/mol. The fourth-order valence-corrected chi connectivity index (χ4v) is 6.01.